The highest BCUT2D eigenvalue weighted by Gasteiger charge is 2.06. The van der Waals surface area contributed by atoms with E-state index in [2.05, 4.69) is 0 Å². The summed E-state index contributed by atoms with van der Waals surface area (Å²) in [4.78, 5) is 0. The second-order valence-corrected chi connectivity index (χ2v) is 4.01. The van der Waals surface area contributed by atoms with Crippen molar-refractivity contribution in [2.75, 3.05) is 0 Å². The maximum absolute atomic E-state index is 13.0. The van der Waals surface area contributed by atoms with Crippen LogP contribution in [-0.2, 0) is 0 Å². The predicted octanol–water partition coefficient (Wildman–Crippen LogP) is 4.32. The molecular formula is C11H16F2. The number of allylic oxidation sites excluding steroid dienone is 6. The lowest BCUT2D eigenvalue weighted by Crippen LogP contribution is -1.99. The van der Waals surface area contributed by atoms with Crippen LogP contribution >= 0.6 is 0 Å². The van der Waals surface area contributed by atoms with Gasteiger partial charge in [-0.05, 0) is 30.6 Å². The molecule has 0 saturated carbocycles. The molecule has 74 valence electrons. The van der Waals surface area contributed by atoms with E-state index in [-0.39, 0.29) is 17.1 Å². The van der Waals surface area contributed by atoms with Gasteiger partial charge in [-0.25, -0.2) is 8.78 Å². The summed E-state index contributed by atoms with van der Waals surface area (Å²) in [5.41, 5.74) is -0.192. The van der Waals surface area contributed by atoms with E-state index in [9.17, 15) is 8.78 Å². The first kappa shape index (κ1) is 12.1. The van der Waals surface area contributed by atoms with Crippen LogP contribution in [0.2, 0.25) is 0 Å². The molecule has 0 aromatic rings. The topological polar surface area (TPSA) is 0 Å². The third-order valence-electron chi connectivity index (χ3n) is 1.15. The summed E-state index contributed by atoms with van der Waals surface area (Å²) in [5, 5.41) is 0. The summed E-state index contributed by atoms with van der Waals surface area (Å²) in [6.07, 6.45) is 5.31. The fourth-order valence-corrected chi connectivity index (χ4v) is 0.734. The molecule has 0 unspecified atom stereocenters. The molecule has 0 aromatic carbocycles. The van der Waals surface area contributed by atoms with Crippen molar-refractivity contribution in [3.05, 3.63) is 36.0 Å². The molecule has 0 atom stereocenters. The van der Waals surface area contributed by atoms with Gasteiger partial charge in [0, 0.05) is 0 Å². The standard InChI is InChI=1S/C11H16F2/c1-9(12)6-5-7-10(13)8-11(2,3)4/h5-8H,1-4H3/b7-5-,9-6+,10-8-. The van der Waals surface area contributed by atoms with Gasteiger partial charge < -0.3 is 0 Å². The molecule has 0 amide bonds. The second-order valence-electron chi connectivity index (χ2n) is 4.01. The number of rotatable bonds is 2. The third kappa shape index (κ3) is 8.99. The minimum absolute atomic E-state index is 0.192. The number of hydrogen-bond acceptors (Lipinski definition) is 0. The van der Waals surface area contributed by atoms with Gasteiger partial charge in [-0.1, -0.05) is 26.8 Å². The molecule has 0 saturated heterocycles. The van der Waals surface area contributed by atoms with Gasteiger partial charge in [0.15, 0.2) is 0 Å². The highest BCUT2D eigenvalue weighted by molar-refractivity contribution is 5.18. The van der Waals surface area contributed by atoms with Crippen LogP contribution in [0.4, 0.5) is 8.78 Å². The summed E-state index contributed by atoms with van der Waals surface area (Å²) in [5.74, 6) is -0.676. The first-order valence-corrected chi connectivity index (χ1v) is 4.20. The summed E-state index contributed by atoms with van der Waals surface area (Å²) in [6.45, 7) is 7.01. The average molecular weight is 186 g/mol. The van der Waals surface area contributed by atoms with Crippen LogP contribution in [0.3, 0.4) is 0 Å². The molecule has 0 aliphatic heterocycles. The second kappa shape index (κ2) is 4.95. The van der Waals surface area contributed by atoms with Gasteiger partial charge in [-0.15, -0.1) is 0 Å². The van der Waals surface area contributed by atoms with Crippen molar-refractivity contribution in [2.45, 2.75) is 27.7 Å². The zero-order valence-corrected chi connectivity index (χ0v) is 8.57. The van der Waals surface area contributed by atoms with Crippen LogP contribution in [0.25, 0.3) is 0 Å². The van der Waals surface area contributed by atoms with Crippen molar-refractivity contribution >= 4 is 0 Å². The Balaban J connectivity index is 4.31. The van der Waals surface area contributed by atoms with Gasteiger partial charge >= 0.3 is 0 Å². The molecule has 0 bridgehead atoms. The maximum atomic E-state index is 13.0. The Kier molecular flexibility index (Phi) is 4.60. The van der Waals surface area contributed by atoms with E-state index in [1.807, 2.05) is 20.8 Å². The summed E-state index contributed by atoms with van der Waals surface area (Å²) in [7, 11) is 0. The van der Waals surface area contributed by atoms with Gasteiger partial charge in [-0.2, -0.15) is 0 Å². The van der Waals surface area contributed by atoms with E-state index in [1.54, 1.807) is 0 Å². The zero-order valence-electron chi connectivity index (χ0n) is 8.57. The van der Waals surface area contributed by atoms with Gasteiger partial charge in [0.25, 0.3) is 0 Å². The minimum Gasteiger partial charge on any atom is -0.212 e. The lowest BCUT2D eigenvalue weighted by atomic mass is 9.96. The molecule has 0 N–H and O–H groups in total. The lowest BCUT2D eigenvalue weighted by Gasteiger charge is -2.10. The first-order valence-electron chi connectivity index (χ1n) is 4.20. The fourth-order valence-electron chi connectivity index (χ4n) is 0.734. The monoisotopic (exact) mass is 186 g/mol. The molecular weight excluding hydrogens is 170 g/mol. The summed E-state index contributed by atoms with van der Waals surface area (Å²) >= 11 is 0. The Morgan fingerprint density at radius 1 is 1.15 bits per heavy atom. The Bertz CT molecular complexity index is 235. The number of hydrogen-bond donors (Lipinski definition) is 0. The predicted molar refractivity (Wildman–Crippen MR) is 52.7 cm³/mol. The van der Waals surface area contributed by atoms with E-state index in [1.165, 1.54) is 31.2 Å². The highest BCUT2D eigenvalue weighted by Crippen LogP contribution is 2.18. The van der Waals surface area contributed by atoms with E-state index in [4.69, 9.17) is 0 Å². The molecule has 0 aromatic heterocycles. The van der Waals surface area contributed by atoms with Gasteiger partial charge in [0.1, 0.15) is 5.83 Å². The molecule has 0 aliphatic carbocycles. The molecule has 13 heavy (non-hydrogen) atoms. The Labute approximate surface area is 78.7 Å². The SMILES string of the molecule is C\C(F)=C/C=C\C(F)=C\C(C)(C)C. The Morgan fingerprint density at radius 3 is 2.08 bits per heavy atom. The van der Waals surface area contributed by atoms with Crippen molar-refractivity contribution in [2.24, 2.45) is 5.41 Å². The van der Waals surface area contributed by atoms with Crippen molar-refractivity contribution in [1.82, 2.24) is 0 Å². The van der Waals surface area contributed by atoms with Gasteiger partial charge in [0.05, 0.1) is 5.83 Å². The number of halogens is 2. The molecule has 0 rings (SSSR count). The quantitative estimate of drug-likeness (QED) is 0.563. The van der Waals surface area contributed by atoms with Crippen LogP contribution in [-0.4, -0.2) is 0 Å². The molecule has 0 heterocycles. The van der Waals surface area contributed by atoms with Crippen LogP contribution in [0.5, 0.6) is 0 Å². The Morgan fingerprint density at radius 2 is 1.69 bits per heavy atom. The molecule has 0 spiro atoms. The first-order chi connectivity index (χ1) is 5.81. The molecule has 0 nitrogen and oxygen atoms in total. The van der Waals surface area contributed by atoms with Crippen LogP contribution < -0.4 is 0 Å². The van der Waals surface area contributed by atoms with Crippen LogP contribution in [0.1, 0.15) is 27.7 Å². The highest BCUT2D eigenvalue weighted by atomic mass is 19.1. The van der Waals surface area contributed by atoms with Crippen molar-refractivity contribution in [1.29, 1.82) is 0 Å². The van der Waals surface area contributed by atoms with E-state index in [0.29, 0.717) is 0 Å². The van der Waals surface area contributed by atoms with Crippen molar-refractivity contribution < 1.29 is 8.78 Å². The summed E-state index contributed by atoms with van der Waals surface area (Å²) in [6, 6.07) is 0. The third-order valence-corrected chi connectivity index (χ3v) is 1.15. The van der Waals surface area contributed by atoms with Crippen molar-refractivity contribution in [3.8, 4) is 0 Å². The minimum atomic E-state index is -0.343. The normalized spacial score (nSPS) is 15.5. The largest absolute Gasteiger partial charge is 0.212 e. The maximum Gasteiger partial charge on any atom is 0.119 e. The Hall–Kier alpha value is -0.920. The summed E-state index contributed by atoms with van der Waals surface area (Å²) < 4.78 is 25.1. The van der Waals surface area contributed by atoms with E-state index >= 15 is 0 Å². The van der Waals surface area contributed by atoms with Crippen LogP contribution in [0.15, 0.2) is 36.0 Å². The molecule has 0 fully saturated rings. The smallest absolute Gasteiger partial charge is 0.119 e. The van der Waals surface area contributed by atoms with E-state index < -0.39 is 0 Å². The molecule has 2 heteroatoms. The molecule has 0 aliphatic rings. The fraction of sp³-hybridized carbons (Fsp3) is 0.455. The molecule has 0 radical (unpaired) electrons. The average Bonchev–Trinajstić information content (AvgIpc) is 1.81. The van der Waals surface area contributed by atoms with E-state index in [0.717, 1.165) is 0 Å². The van der Waals surface area contributed by atoms with Crippen LogP contribution in [0, 0.1) is 5.41 Å². The van der Waals surface area contributed by atoms with Crippen molar-refractivity contribution in [3.63, 3.8) is 0 Å². The van der Waals surface area contributed by atoms with Gasteiger partial charge in [-0.3, -0.25) is 0 Å². The lowest BCUT2D eigenvalue weighted by molar-refractivity contribution is 0.519. The zero-order chi connectivity index (χ0) is 10.5. The van der Waals surface area contributed by atoms with Gasteiger partial charge in [0.2, 0.25) is 0 Å².